The van der Waals surface area contributed by atoms with Crippen molar-refractivity contribution in [3.8, 4) is 5.75 Å². The molecule has 3 N–H and O–H groups in total. The molecule has 3 rings (SSSR count). The Morgan fingerprint density at radius 1 is 1.25 bits per heavy atom. The van der Waals surface area contributed by atoms with Gasteiger partial charge in [0.1, 0.15) is 0 Å². The van der Waals surface area contributed by atoms with Gasteiger partial charge in [0.2, 0.25) is 0 Å². The van der Waals surface area contributed by atoms with E-state index in [0.717, 1.165) is 24.0 Å². The van der Waals surface area contributed by atoms with Crippen molar-refractivity contribution >= 4 is 16.6 Å². The Morgan fingerprint density at radius 3 is 2.88 bits per heavy atom. The zero-order valence-corrected chi connectivity index (χ0v) is 13.4. The Labute approximate surface area is 139 Å². The number of H-pyrrole nitrogens is 1. The number of aromatic amines is 1. The molecule has 0 spiro atoms. The Bertz CT molecular complexity index is 886. The summed E-state index contributed by atoms with van der Waals surface area (Å²) < 4.78 is 0. The molecule has 6 nitrogen and oxygen atoms in total. The molecule has 124 valence electrons. The number of hydrogen-bond acceptors (Lipinski definition) is 4. The van der Waals surface area contributed by atoms with E-state index in [2.05, 4.69) is 35.4 Å². The van der Waals surface area contributed by atoms with E-state index >= 15 is 0 Å². The summed E-state index contributed by atoms with van der Waals surface area (Å²) >= 11 is 0. The minimum Gasteiger partial charge on any atom is -0.502 e. The molecule has 0 saturated heterocycles. The van der Waals surface area contributed by atoms with E-state index in [1.807, 2.05) is 6.20 Å². The molecule has 6 heteroatoms. The minimum absolute atomic E-state index is 0.263. The molecule has 0 aliphatic heterocycles. The highest BCUT2D eigenvalue weighted by atomic mass is 16.6. The number of aromatic nitrogens is 1. The number of aryl methyl sites for hydroxylation is 1. The quantitative estimate of drug-likeness (QED) is 0.368. The van der Waals surface area contributed by atoms with Gasteiger partial charge in [0, 0.05) is 29.7 Å². The maximum atomic E-state index is 10.8. The van der Waals surface area contributed by atoms with E-state index in [4.69, 9.17) is 0 Å². The number of nitro groups is 1. The van der Waals surface area contributed by atoms with Crippen LogP contribution in [0.1, 0.15) is 16.7 Å². The lowest BCUT2D eigenvalue weighted by molar-refractivity contribution is -0.385. The van der Waals surface area contributed by atoms with Gasteiger partial charge in [-0.1, -0.05) is 18.2 Å². The topological polar surface area (TPSA) is 91.2 Å². The van der Waals surface area contributed by atoms with Crippen molar-refractivity contribution in [3.05, 3.63) is 69.4 Å². The van der Waals surface area contributed by atoms with Crippen molar-refractivity contribution in [1.82, 2.24) is 10.3 Å². The summed E-state index contributed by atoms with van der Waals surface area (Å²) in [5.41, 5.74) is 4.12. The molecule has 0 aliphatic rings. The van der Waals surface area contributed by atoms with Gasteiger partial charge in [-0.05, 0) is 48.7 Å². The lowest BCUT2D eigenvalue weighted by Gasteiger charge is -2.05. The monoisotopic (exact) mass is 325 g/mol. The van der Waals surface area contributed by atoms with Gasteiger partial charge in [0.25, 0.3) is 0 Å². The molecule has 0 amide bonds. The van der Waals surface area contributed by atoms with Gasteiger partial charge in [-0.15, -0.1) is 0 Å². The summed E-state index contributed by atoms with van der Waals surface area (Å²) in [6.07, 6.45) is 2.89. The molecule has 0 radical (unpaired) electrons. The summed E-state index contributed by atoms with van der Waals surface area (Å²) in [5, 5.41) is 24.8. The number of phenols is 1. The van der Waals surface area contributed by atoms with Crippen molar-refractivity contribution < 1.29 is 10.0 Å². The largest absolute Gasteiger partial charge is 0.502 e. The molecule has 0 saturated carbocycles. The number of fused-ring (bicyclic) bond motifs is 1. The molecule has 24 heavy (non-hydrogen) atoms. The van der Waals surface area contributed by atoms with E-state index in [-0.39, 0.29) is 11.4 Å². The van der Waals surface area contributed by atoms with Crippen LogP contribution in [0.4, 0.5) is 5.69 Å². The third-order valence-electron chi connectivity index (χ3n) is 4.06. The standard InChI is InChI=1S/C18H19N3O3/c1-12-2-4-15-14(11-20-16(15)8-12)6-7-19-10-13-3-5-18(22)17(9-13)21(23)24/h2-5,8-9,11,19-20,22H,6-7,10H2,1H3. The SMILES string of the molecule is Cc1ccc2c(CCNCc3ccc(O)c([N+](=O)[O-])c3)c[nH]c2c1. The van der Waals surface area contributed by atoms with Crippen molar-refractivity contribution in [3.63, 3.8) is 0 Å². The zero-order valence-electron chi connectivity index (χ0n) is 13.4. The fraction of sp³-hybridized carbons (Fsp3) is 0.222. The number of benzene rings is 2. The van der Waals surface area contributed by atoms with Gasteiger partial charge >= 0.3 is 5.69 Å². The van der Waals surface area contributed by atoms with Crippen LogP contribution in [0.15, 0.2) is 42.6 Å². The normalized spacial score (nSPS) is 11.0. The number of nitrogens with one attached hydrogen (secondary N) is 2. The molecular weight excluding hydrogens is 306 g/mol. The summed E-state index contributed by atoms with van der Waals surface area (Å²) in [7, 11) is 0. The third-order valence-corrected chi connectivity index (χ3v) is 4.06. The first-order valence-electron chi connectivity index (χ1n) is 7.78. The molecule has 1 aromatic heterocycles. The van der Waals surface area contributed by atoms with Gasteiger partial charge < -0.3 is 15.4 Å². The number of phenolic OH excluding ortho intramolecular Hbond substituents is 1. The molecule has 1 heterocycles. The van der Waals surface area contributed by atoms with Gasteiger partial charge in [0.05, 0.1) is 4.92 Å². The average molecular weight is 325 g/mol. The molecule has 3 aromatic rings. The first-order valence-corrected chi connectivity index (χ1v) is 7.78. The van der Waals surface area contributed by atoms with Crippen LogP contribution >= 0.6 is 0 Å². The smallest absolute Gasteiger partial charge is 0.311 e. The fourth-order valence-electron chi connectivity index (χ4n) is 2.79. The zero-order chi connectivity index (χ0) is 17.1. The summed E-state index contributed by atoms with van der Waals surface area (Å²) in [5.74, 6) is -0.308. The molecule has 0 unspecified atom stereocenters. The first kappa shape index (κ1) is 16.0. The Morgan fingerprint density at radius 2 is 2.08 bits per heavy atom. The van der Waals surface area contributed by atoms with Crippen molar-refractivity contribution in [2.45, 2.75) is 19.9 Å². The summed E-state index contributed by atoms with van der Waals surface area (Å²) in [6.45, 7) is 3.34. The maximum Gasteiger partial charge on any atom is 0.311 e. The van der Waals surface area contributed by atoms with E-state index in [1.165, 1.54) is 28.6 Å². The maximum absolute atomic E-state index is 10.8. The van der Waals surface area contributed by atoms with Crippen LogP contribution in [-0.2, 0) is 13.0 Å². The van der Waals surface area contributed by atoms with E-state index in [0.29, 0.717) is 6.54 Å². The average Bonchev–Trinajstić information content (AvgIpc) is 2.94. The van der Waals surface area contributed by atoms with Crippen molar-refractivity contribution in [2.24, 2.45) is 0 Å². The van der Waals surface area contributed by atoms with E-state index in [1.54, 1.807) is 6.07 Å². The van der Waals surface area contributed by atoms with Crippen molar-refractivity contribution in [2.75, 3.05) is 6.54 Å². The van der Waals surface area contributed by atoms with Crippen LogP contribution in [0.2, 0.25) is 0 Å². The predicted octanol–water partition coefficient (Wildman–Crippen LogP) is 3.42. The van der Waals surface area contributed by atoms with E-state index < -0.39 is 4.92 Å². The van der Waals surface area contributed by atoms with Crippen LogP contribution in [0, 0.1) is 17.0 Å². The van der Waals surface area contributed by atoms with Crippen LogP contribution in [0.3, 0.4) is 0 Å². The Balaban J connectivity index is 1.59. The van der Waals surface area contributed by atoms with Crippen LogP contribution < -0.4 is 5.32 Å². The number of nitrogens with zero attached hydrogens (tertiary/aromatic N) is 1. The number of aromatic hydroxyl groups is 1. The van der Waals surface area contributed by atoms with Crippen LogP contribution in [0.5, 0.6) is 5.75 Å². The Hall–Kier alpha value is -2.86. The molecule has 2 aromatic carbocycles. The fourth-order valence-corrected chi connectivity index (χ4v) is 2.79. The first-order chi connectivity index (χ1) is 11.5. The van der Waals surface area contributed by atoms with Gasteiger partial charge in [0.15, 0.2) is 5.75 Å². The lowest BCUT2D eigenvalue weighted by atomic mass is 10.1. The summed E-state index contributed by atoms with van der Waals surface area (Å²) in [4.78, 5) is 13.5. The highest BCUT2D eigenvalue weighted by Crippen LogP contribution is 2.26. The molecule has 0 bridgehead atoms. The van der Waals surface area contributed by atoms with E-state index in [9.17, 15) is 15.2 Å². The second kappa shape index (κ2) is 6.72. The van der Waals surface area contributed by atoms with Crippen LogP contribution in [0.25, 0.3) is 10.9 Å². The van der Waals surface area contributed by atoms with Gasteiger partial charge in [-0.25, -0.2) is 0 Å². The van der Waals surface area contributed by atoms with Crippen LogP contribution in [-0.4, -0.2) is 21.6 Å². The minimum atomic E-state index is -0.577. The second-order valence-electron chi connectivity index (χ2n) is 5.87. The highest BCUT2D eigenvalue weighted by molar-refractivity contribution is 5.83. The van der Waals surface area contributed by atoms with Gasteiger partial charge in [-0.3, -0.25) is 10.1 Å². The Kier molecular flexibility index (Phi) is 4.48. The number of hydrogen-bond donors (Lipinski definition) is 3. The molecule has 0 fully saturated rings. The van der Waals surface area contributed by atoms with Crippen molar-refractivity contribution in [1.29, 1.82) is 0 Å². The predicted molar refractivity (Wildman–Crippen MR) is 93.2 cm³/mol. The number of nitro benzene ring substituents is 1. The highest BCUT2D eigenvalue weighted by Gasteiger charge is 2.13. The molecule has 0 aliphatic carbocycles. The summed E-state index contributed by atoms with van der Waals surface area (Å²) in [6, 6.07) is 10.8. The number of rotatable bonds is 6. The molecule has 0 atom stereocenters. The van der Waals surface area contributed by atoms with Gasteiger partial charge in [-0.2, -0.15) is 0 Å². The third kappa shape index (κ3) is 3.38. The lowest BCUT2D eigenvalue weighted by Crippen LogP contribution is -2.16. The second-order valence-corrected chi connectivity index (χ2v) is 5.87. The molecular formula is C18H19N3O3.